The van der Waals surface area contributed by atoms with Crippen LogP contribution in [0.15, 0.2) is 47.4 Å². The average molecular weight is 457 g/mol. The van der Waals surface area contributed by atoms with Gasteiger partial charge >= 0.3 is 11.8 Å². The van der Waals surface area contributed by atoms with Crippen LogP contribution in [-0.2, 0) is 30.9 Å². The number of ether oxygens (including phenoxy) is 1. The Morgan fingerprint density at radius 3 is 2.35 bits per heavy atom. The van der Waals surface area contributed by atoms with Crippen molar-refractivity contribution in [1.29, 1.82) is 0 Å². The van der Waals surface area contributed by atoms with Crippen molar-refractivity contribution in [2.45, 2.75) is 17.7 Å². The first-order valence-electron chi connectivity index (χ1n) is 9.07. The minimum atomic E-state index is -4.45. The maximum atomic E-state index is 14.0. The summed E-state index contributed by atoms with van der Waals surface area (Å²) >= 11 is 0. The number of halogens is 3. The molecule has 0 unspecified atom stereocenters. The molecule has 31 heavy (non-hydrogen) atoms. The topological polar surface area (TPSA) is 105 Å². The zero-order chi connectivity index (χ0) is 22.6. The second kappa shape index (κ2) is 9.45. The number of hydrogen-bond acceptors (Lipinski definition) is 5. The lowest BCUT2D eigenvalue weighted by Gasteiger charge is -2.23. The first-order chi connectivity index (χ1) is 14.7. The molecule has 1 aliphatic heterocycles. The van der Waals surface area contributed by atoms with E-state index in [0.717, 1.165) is 10.4 Å². The molecule has 1 atom stereocenters. The molecule has 1 aliphatic rings. The van der Waals surface area contributed by atoms with Crippen molar-refractivity contribution >= 4 is 21.8 Å². The fourth-order valence-corrected chi connectivity index (χ4v) is 4.46. The Kier molecular flexibility index (Phi) is 6.93. The highest BCUT2D eigenvalue weighted by Gasteiger charge is 2.38. The van der Waals surface area contributed by atoms with Crippen molar-refractivity contribution in [2.75, 3.05) is 19.7 Å². The van der Waals surface area contributed by atoms with Gasteiger partial charge in [-0.15, -0.1) is 0 Å². The second-order valence-corrected chi connectivity index (χ2v) is 8.39. The highest BCUT2D eigenvalue weighted by molar-refractivity contribution is 7.89. The summed E-state index contributed by atoms with van der Waals surface area (Å²) in [5.74, 6) is -4.54. The fourth-order valence-electron chi connectivity index (χ4n) is 2.87. The Labute approximate surface area is 176 Å². The van der Waals surface area contributed by atoms with E-state index in [1.165, 1.54) is 24.3 Å². The lowest BCUT2D eigenvalue weighted by molar-refractivity contribution is -0.139. The highest BCUT2D eigenvalue weighted by Crippen LogP contribution is 2.25. The predicted octanol–water partition coefficient (Wildman–Crippen LogP) is 0.883. The van der Waals surface area contributed by atoms with E-state index in [1.807, 2.05) is 0 Å². The second-order valence-electron chi connectivity index (χ2n) is 6.54. The molecular weight excluding hydrogens is 439 g/mol. The minimum Gasteiger partial charge on any atom is -0.359 e. The largest absolute Gasteiger partial charge is 0.359 e. The molecule has 2 aromatic carbocycles. The maximum Gasteiger partial charge on any atom is 0.309 e. The number of hydrogen-bond donors (Lipinski definition) is 2. The van der Waals surface area contributed by atoms with E-state index >= 15 is 0 Å². The third kappa shape index (κ3) is 5.40. The molecule has 2 N–H and O–H groups in total. The monoisotopic (exact) mass is 457 g/mol. The van der Waals surface area contributed by atoms with Crippen LogP contribution < -0.4 is 10.6 Å². The first kappa shape index (κ1) is 22.7. The van der Waals surface area contributed by atoms with Gasteiger partial charge in [-0.25, -0.2) is 21.6 Å². The lowest BCUT2D eigenvalue weighted by Crippen LogP contribution is -2.47. The summed E-state index contributed by atoms with van der Waals surface area (Å²) in [6.45, 7) is -0.589. The van der Waals surface area contributed by atoms with Crippen LogP contribution in [0.3, 0.4) is 0 Å². The molecular formula is C19H18F3N3O5S. The van der Waals surface area contributed by atoms with Crippen molar-refractivity contribution in [3.63, 3.8) is 0 Å². The van der Waals surface area contributed by atoms with Crippen LogP contribution in [0.25, 0.3) is 0 Å². The molecule has 8 nitrogen and oxygen atoms in total. The van der Waals surface area contributed by atoms with E-state index in [4.69, 9.17) is 4.74 Å². The Balaban J connectivity index is 1.59. The predicted molar refractivity (Wildman–Crippen MR) is 101 cm³/mol. The van der Waals surface area contributed by atoms with Crippen LogP contribution in [0.2, 0.25) is 0 Å². The molecule has 0 saturated carbocycles. The summed E-state index contributed by atoms with van der Waals surface area (Å²) in [6, 6.07) is 7.33. The summed E-state index contributed by atoms with van der Waals surface area (Å²) < 4.78 is 71.7. The SMILES string of the molecule is O=C(NCc1ccc(F)cc1)C(=O)NC[C@@H]1OCCN1S(=O)(=O)c1cc(F)ccc1F. The Hall–Kier alpha value is -2.96. The molecule has 1 heterocycles. The Bertz CT molecular complexity index is 1080. The van der Waals surface area contributed by atoms with Gasteiger partial charge < -0.3 is 15.4 Å². The molecule has 1 saturated heterocycles. The van der Waals surface area contributed by atoms with Crippen LogP contribution >= 0.6 is 0 Å². The number of sulfonamides is 1. The van der Waals surface area contributed by atoms with Gasteiger partial charge in [0.25, 0.3) is 0 Å². The van der Waals surface area contributed by atoms with Gasteiger partial charge in [0.2, 0.25) is 10.0 Å². The summed E-state index contributed by atoms with van der Waals surface area (Å²) in [5.41, 5.74) is 0.566. The number of rotatable bonds is 6. The van der Waals surface area contributed by atoms with Gasteiger partial charge in [0.05, 0.1) is 13.2 Å². The molecule has 0 bridgehead atoms. The van der Waals surface area contributed by atoms with E-state index in [-0.39, 0.29) is 26.2 Å². The van der Waals surface area contributed by atoms with Crippen LogP contribution in [-0.4, -0.2) is 50.5 Å². The van der Waals surface area contributed by atoms with Gasteiger partial charge in [0.15, 0.2) is 0 Å². The molecule has 3 rings (SSSR count). The quantitative estimate of drug-likeness (QED) is 0.627. The van der Waals surface area contributed by atoms with Crippen molar-refractivity contribution in [3.8, 4) is 0 Å². The summed E-state index contributed by atoms with van der Waals surface area (Å²) in [6.07, 6.45) is -1.21. The standard InChI is InChI=1S/C19H18F3N3O5S/c20-13-3-1-12(2-4-13)10-23-18(26)19(27)24-11-17-25(7-8-30-17)31(28,29)16-9-14(21)5-6-15(16)22/h1-6,9,17H,7-8,10-11H2,(H,23,26)(H,24,27)/t17-/m0/s1. The third-order valence-corrected chi connectivity index (χ3v) is 6.34. The zero-order valence-corrected chi connectivity index (χ0v) is 16.8. The molecule has 0 aromatic heterocycles. The number of carbonyl (C=O) groups excluding carboxylic acids is 2. The lowest BCUT2D eigenvalue weighted by atomic mass is 10.2. The van der Waals surface area contributed by atoms with E-state index in [0.29, 0.717) is 17.7 Å². The summed E-state index contributed by atoms with van der Waals surface area (Å²) in [5, 5.41) is 4.58. The first-order valence-corrected chi connectivity index (χ1v) is 10.5. The summed E-state index contributed by atoms with van der Waals surface area (Å²) in [7, 11) is -4.45. The summed E-state index contributed by atoms with van der Waals surface area (Å²) in [4.78, 5) is 23.0. The van der Waals surface area contributed by atoms with E-state index < -0.39 is 50.4 Å². The molecule has 0 spiro atoms. The normalized spacial score (nSPS) is 16.8. The smallest absolute Gasteiger partial charge is 0.309 e. The third-order valence-electron chi connectivity index (χ3n) is 4.43. The minimum absolute atomic E-state index is 0.0220. The Morgan fingerprint density at radius 1 is 1.00 bits per heavy atom. The number of carbonyl (C=O) groups is 2. The number of nitrogens with one attached hydrogen (secondary N) is 2. The van der Waals surface area contributed by atoms with Crippen LogP contribution in [0.1, 0.15) is 5.56 Å². The van der Waals surface area contributed by atoms with Crippen molar-refractivity contribution < 1.29 is 35.9 Å². The van der Waals surface area contributed by atoms with E-state index in [2.05, 4.69) is 10.6 Å². The van der Waals surface area contributed by atoms with Gasteiger partial charge in [0, 0.05) is 13.1 Å². The van der Waals surface area contributed by atoms with Gasteiger partial charge in [-0.1, -0.05) is 12.1 Å². The van der Waals surface area contributed by atoms with E-state index in [1.54, 1.807) is 0 Å². The molecule has 0 aliphatic carbocycles. The molecule has 2 aromatic rings. The van der Waals surface area contributed by atoms with Crippen LogP contribution in [0.4, 0.5) is 13.2 Å². The van der Waals surface area contributed by atoms with Crippen molar-refractivity contribution in [1.82, 2.24) is 14.9 Å². The van der Waals surface area contributed by atoms with Gasteiger partial charge in [-0.2, -0.15) is 4.31 Å². The van der Waals surface area contributed by atoms with Gasteiger partial charge in [0.1, 0.15) is 28.6 Å². The fraction of sp³-hybridized carbons (Fsp3) is 0.263. The van der Waals surface area contributed by atoms with Gasteiger partial charge in [-0.3, -0.25) is 9.59 Å². The van der Waals surface area contributed by atoms with Crippen molar-refractivity contribution in [2.24, 2.45) is 0 Å². The molecule has 0 radical (unpaired) electrons. The van der Waals surface area contributed by atoms with Gasteiger partial charge in [-0.05, 0) is 35.9 Å². The highest BCUT2D eigenvalue weighted by atomic mass is 32.2. The molecule has 166 valence electrons. The van der Waals surface area contributed by atoms with Crippen LogP contribution in [0.5, 0.6) is 0 Å². The number of nitrogens with zero attached hydrogens (tertiary/aromatic N) is 1. The maximum absolute atomic E-state index is 14.0. The molecule has 12 heteroatoms. The molecule has 2 amide bonds. The van der Waals surface area contributed by atoms with Crippen molar-refractivity contribution in [3.05, 3.63) is 65.5 Å². The van der Waals surface area contributed by atoms with Crippen LogP contribution in [0, 0.1) is 17.5 Å². The average Bonchev–Trinajstić information content (AvgIpc) is 3.22. The molecule has 1 fully saturated rings. The Morgan fingerprint density at radius 2 is 1.65 bits per heavy atom. The van der Waals surface area contributed by atoms with E-state index in [9.17, 15) is 31.2 Å². The number of amides is 2. The number of benzene rings is 2. The zero-order valence-electron chi connectivity index (χ0n) is 16.0.